The number of Topliss-reactive ketones (excluding diaryl/α,β-unsaturated/α-hetero) is 1. The zero-order valence-corrected chi connectivity index (χ0v) is 10.8. The van der Waals surface area contributed by atoms with E-state index in [4.69, 9.17) is 0 Å². The Hall–Kier alpha value is -1.64. The van der Waals surface area contributed by atoms with E-state index in [2.05, 4.69) is 0 Å². The van der Waals surface area contributed by atoms with E-state index in [1.807, 2.05) is 19.9 Å². The van der Waals surface area contributed by atoms with Crippen LogP contribution in [0.4, 0.5) is 5.69 Å². The molecule has 0 N–H and O–H groups in total. The third-order valence-corrected chi connectivity index (χ3v) is 4.11. The highest BCUT2D eigenvalue weighted by atomic mass is 16.2. The third-order valence-electron chi connectivity index (χ3n) is 4.11. The standard InChI is InChI=1S/C15H17NO2/c1-9-3-6-12-13(10(9)2)16(15(18)14(12)17)8-7-11-4-5-11/h3,6,11H,4-5,7-8H2,1-2H3. The molecule has 0 aromatic heterocycles. The summed E-state index contributed by atoms with van der Waals surface area (Å²) in [6, 6.07) is 3.71. The molecule has 0 bridgehead atoms. The highest BCUT2D eigenvalue weighted by molar-refractivity contribution is 6.52. The molecule has 3 nitrogen and oxygen atoms in total. The van der Waals surface area contributed by atoms with Gasteiger partial charge in [-0.05, 0) is 43.4 Å². The number of hydrogen-bond donors (Lipinski definition) is 0. The van der Waals surface area contributed by atoms with E-state index in [0.717, 1.165) is 29.2 Å². The van der Waals surface area contributed by atoms with Gasteiger partial charge in [0.25, 0.3) is 11.7 Å². The van der Waals surface area contributed by atoms with Crippen LogP contribution in [0.5, 0.6) is 0 Å². The Morgan fingerprint density at radius 3 is 2.61 bits per heavy atom. The van der Waals surface area contributed by atoms with Gasteiger partial charge in [0.05, 0.1) is 11.3 Å². The van der Waals surface area contributed by atoms with Crippen LogP contribution in [-0.4, -0.2) is 18.2 Å². The summed E-state index contributed by atoms with van der Waals surface area (Å²) in [5, 5.41) is 0. The van der Waals surface area contributed by atoms with Crippen LogP contribution < -0.4 is 4.90 Å². The molecule has 1 amide bonds. The van der Waals surface area contributed by atoms with Gasteiger partial charge < -0.3 is 4.90 Å². The number of aryl methyl sites for hydroxylation is 1. The van der Waals surface area contributed by atoms with Crippen LogP contribution in [0.15, 0.2) is 12.1 Å². The Kier molecular flexibility index (Phi) is 2.51. The van der Waals surface area contributed by atoms with E-state index in [9.17, 15) is 9.59 Å². The molecule has 1 aromatic rings. The minimum Gasteiger partial charge on any atom is -0.304 e. The molecule has 1 heterocycles. The number of carbonyl (C=O) groups excluding carboxylic acids is 2. The quantitative estimate of drug-likeness (QED) is 0.765. The van der Waals surface area contributed by atoms with E-state index in [-0.39, 0.29) is 11.7 Å². The molecule has 18 heavy (non-hydrogen) atoms. The van der Waals surface area contributed by atoms with E-state index in [0.29, 0.717) is 12.1 Å². The van der Waals surface area contributed by atoms with Gasteiger partial charge in [-0.1, -0.05) is 18.9 Å². The predicted octanol–water partition coefficient (Wildman–Crippen LogP) is 2.63. The van der Waals surface area contributed by atoms with Gasteiger partial charge in [0, 0.05) is 6.54 Å². The zero-order valence-electron chi connectivity index (χ0n) is 10.8. The Bertz CT molecular complexity index is 544. The maximum atomic E-state index is 12.0. The second-order valence-electron chi connectivity index (χ2n) is 5.42. The Balaban J connectivity index is 1.98. The van der Waals surface area contributed by atoms with Crippen LogP contribution in [0.2, 0.25) is 0 Å². The Morgan fingerprint density at radius 1 is 1.22 bits per heavy atom. The lowest BCUT2D eigenvalue weighted by Gasteiger charge is -2.19. The van der Waals surface area contributed by atoms with Crippen molar-refractivity contribution in [2.24, 2.45) is 5.92 Å². The molecule has 3 rings (SSSR count). The van der Waals surface area contributed by atoms with Crippen LogP contribution in [-0.2, 0) is 4.79 Å². The minimum absolute atomic E-state index is 0.344. The first-order chi connectivity index (χ1) is 8.59. The number of benzene rings is 1. The molecule has 0 atom stereocenters. The van der Waals surface area contributed by atoms with Gasteiger partial charge in [0.1, 0.15) is 0 Å². The number of nitrogens with zero attached hydrogens (tertiary/aromatic N) is 1. The van der Waals surface area contributed by atoms with E-state index < -0.39 is 0 Å². The molecule has 0 unspecified atom stereocenters. The van der Waals surface area contributed by atoms with E-state index in [1.54, 1.807) is 11.0 Å². The fourth-order valence-electron chi connectivity index (χ4n) is 2.60. The van der Waals surface area contributed by atoms with Gasteiger partial charge in [-0.2, -0.15) is 0 Å². The molecular weight excluding hydrogens is 226 g/mol. The van der Waals surface area contributed by atoms with Gasteiger partial charge in [0.15, 0.2) is 0 Å². The molecule has 0 saturated heterocycles. The van der Waals surface area contributed by atoms with Crippen molar-refractivity contribution in [2.75, 3.05) is 11.4 Å². The second kappa shape index (κ2) is 3.94. The maximum Gasteiger partial charge on any atom is 0.299 e. The van der Waals surface area contributed by atoms with Gasteiger partial charge in [-0.3, -0.25) is 9.59 Å². The van der Waals surface area contributed by atoms with Crippen LogP contribution in [0.1, 0.15) is 40.7 Å². The van der Waals surface area contributed by atoms with Crippen LogP contribution in [0, 0.1) is 19.8 Å². The Morgan fingerprint density at radius 2 is 1.94 bits per heavy atom. The summed E-state index contributed by atoms with van der Waals surface area (Å²) in [5.74, 6) is 0.0744. The first-order valence-electron chi connectivity index (χ1n) is 6.56. The number of rotatable bonds is 3. The molecule has 94 valence electrons. The largest absolute Gasteiger partial charge is 0.304 e. The van der Waals surface area contributed by atoms with Crippen molar-refractivity contribution in [2.45, 2.75) is 33.1 Å². The highest BCUT2D eigenvalue weighted by Crippen LogP contribution is 2.37. The number of anilines is 1. The first kappa shape index (κ1) is 11.5. The molecule has 1 saturated carbocycles. The fraction of sp³-hybridized carbons (Fsp3) is 0.467. The molecule has 1 fully saturated rings. The fourth-order valence-corrected chi connectivity index (χ4v) is 2.60. The van der Waals surface area contributed by atoms with Gasteiger partial charge >= 0.3 is 0 Å². The van der Waals surface area contributed by atoms with Gasteiger partial charge in [-0.25, -0.2) is 0 Å². The predicted molar refractivity (Wildman–Crippen MR) is 69.9 cm³/mol. The molecule has 0 radical (unpaired) electrons. The summed E-state index contributed by atoms with van der Waals surface area (Å²) in [7, 11) is 0. The molecule has 2 aliphatic rings. The van der Waals surface area contributed by atoms with Crippen molar-refractivity contribution in [3.8, 4) is 0 Å². The summed E-state index contributed by atoms with van der Waals surface area (Å²) in [4.78, 5) is 25.7. The summed E-state index contributed by atoms with van der Waals surface area (Å²) in [6.07, 6.45) is 3.57. The summed E-state index contributed by atoms with van der Waals surface area (Å²) in [5.41, 5.74) is 3.62. The number of fused-ring (bicyclic) bond motifs is 1. The average Bonchev–Trinajstić information content (AvgIpc) is 3.13. The van der Waals surface area contributed by atoms with Crippen molar-refractivity contribution in [1.29, 1.82) is 0 Å². The van der Waals surface area contributed by atoms with Crippen molar-refractivity contribution in [3.63, 3.8) is 0 Å². The number of ketones is 1. The summed E-state index contributed by atoms with van der Waals surface area (Å²) >= 11 is 0. The normalized spacial score (nSPS) is 18.4. The zero-order chi connectivity index (χ0) is 12.9. The lowest BCUT2D eigenvalue weighted by Crippen LogP contribution is -2.31. The number of amides is 1. The van der Waals surface area contributed by atoms with E-state index in [1.165, 1.54) is 12.8 Å². The molecule has 0 spiro atoms. The van der Waals surface area contributed by atoms with Crippen LogP contribution in [0.3, 0.4) is 0 Å². The minimum atomic E-state index is -0.348. The topological polar surface area (TPSA) is 37.4 Å². The summed E-state index contributed by atoms with van der Waals surface area (Å²) < 4.78 is 0. The van der Waals surface area contributed by atoms with E-state index >= 15 is 0 Å². The summed E-state index contributed by atoms with van der Waals surface area (Å²) in [6.45, 7) is 4.69. The molecule has 1 aliphatic heterocycles. The monoisotopic (exact) mass is 243 g/mol. The van der Waals surface area contributed by atoms with Crippen molar-refractivity contribution in [1.82, 2.24) is 0 Å². The first-order valence-corrected chi connectivity index (χ1v) is 6.56. The SMILES string of the molecule is Cc1ccc2c(c1C)N(CCC1CC1)C(=O)C2=O. The van der Waals surface area contributed by atoms with Crippen molar-refractivity contribution in [3.05, 3.63) is 28.8 Å². The third kappa shape index (κ3) is 1.65. The lowest BCUT2D eigenvalue weighted by atomic mass is 10.0. The molecular formula is C15H17NO2. The van der Waals surface area contributed by atoms with Gasteiger partial charge in [0.2, 0.25) is 0 Å². The van der Waals surface area contributed by atoms with Crippen LogP contribution >= 0.6 is 0 Å². The second-order valence-corrected chi connectivity index (χ2v) is 5.42. The maximum absolute atomic E-state index is 12.0. The number of carbonyl (C=O) groups is 2. The van der Waals surface area contributed by atoms with Gasteiger partial charge in [-0.15, -0.1) is 0 Å². The molecule has 1 aromatic carbocycles. The van der Waals surface area contributed by atoms with Crippen molar-refractivity contribution < 1.29 is 9.59 Å². The van der Waals surface area contributed by atoms with Crippen molar-refractivity contribution >= 4 is 17.4 Å². The highest BCUT2D eigenvalue weighted by Gasteiger charge is 2.37. The number of hydrogen-bond acceptors (Lipinski definition) is 2. The Labute approximate surface area is 107 Å². The average molecular weight is 243 g/mol. The molecule has 1 aliphatic carbocycles. The lowest BCUT2D eigenvalue weighted by molar-refractivity contribution is -0.114. The van der Waals surface area contributed by atoms with Crippen LogP contribution in [0.25, 0.3) is 0 Å². The smallest absolute Gasteiger partial charge is 0.299 e. The molecule has 3 heteroatoms.